The quantitative estimate of drug-likeness (QED) is 0.720. The van der Waals surface area contributed by atoms with E-state index in [1.807, 2.05) is 6.07 Å². The smallest absolute Gasteiger partial charge is 0.251 e. The molecule has 0 heterocycles. The van der Waals surface area contributed by atoms with Crippen molar-refractivity contribution in [1.29, 1.82) is 5.26 Å². The Morgan fingerprint density at radius 1 is 1.38 bits per heavy atom. The van der Waals surface area contributed by atoms with E-state index in [-0.39, 0.29) is 12.5 Å². The van der Waals surface area contributed by atoms with E-state index in [0.29, 0.717) is 24.9 Å². The average Bonchev–Trinajstić information content (AvgIpc) is 2.30. The molecule has 0 aliphatic heterocycles. The van der Waals surface area contributed by atoms with Crippen molar-refractivity contribution in [3.8, 4) is 6.07 Å². The standard InChI is InChI=1S/C12H14N2O2/c13-7-6-10-2-4-11(5-3-10)12(16)14-8-1-9-15/h2-5,15H,1,6,8-9H2,(H,14,16). The monoisotopic (exact) mass is 218 g/mol. The molecule has 2 N–H and O–H groups in total. The van der Waals surface area contributed by atoms with Gasteiger partial charge in [0.2, 0.25) is 0 Å². The van der Waals surface area contributed by atoms with Gasteiger partial charge in [-0.05, 0) is 24.1 Å². The van der Waals surface area contributed by atoms with E-state index in [0.717, 1.165) is 5.56 Å². The number of hydrogen-bond acceptors (Lipinski definition) is 3. The zero-order chi connectivity index (χ0) is 11.8. The van der Waals surface area contributed by atoms with Crippen LogP contribution in [-0.2, 0) is 6.42 Å². The maximum absolute atomic E-state index is 11.5. The van der Waals surface area contributed by atoms with Gasteiger partial charge < -0.3 is 10.4 Å². The molecule has 0 unspecified atom stereocenters. The summed E-state index contributed by atoms with van der Waals surface area (Å²) in [6.45, 7) is 0.538. The van der Waals surface area contributed by atoms with Crippen LogP contribution < -0.4 is 5.32 Å². The van der Waals surface area contributed by atoms with Crippen LogP contribution in [0, 0.1) is 11.3 Å². The summed E-state index contributed by atoms with van der Waals surface area (Å²) in [5, 5.41) is 19.7. The molecule has 0 spiro atoms. The lowest BCUT2D eigenvalue weighted by Crippen LogP contribution is -2.24. The van der Waals surface area contributed by atoms with E-state index >= 15 is 0 Å². The number of aliphatic hydroxyl groups excluding tert-OH is 1. The summed E-state index contributed by atoms with van der Waals surface area (Å²) < 4.78 is 0. The molecule has 84 valence electrons. The van der Waals surface area contributed by atoms with Gasteiger partial charge in [0.05, 0.1) is 12.5 Å². The minimum Gasteiger partial charge on any atom is -0.396 e. The van der Waals surface area contributed by atoms with Crippen molar-refractivity contribution >= 4 is 5.91 Å². The van der Waals surface area contributed by atoms with Crippen molar-refractivity contribution in [2.24, 2.45) is 0 Å². The van der Waals surface area contributed by atoms with E-state index in [9.17, 15) is 4.79 Å². The van der Waals surface area contributed by atoms with Gasteiger partial charge in [0.1, 0.15) is 0 Å². The van der Waals surface area contributed by atoms with E-state index in [2.05, 4.69) is 5.32 Å². The summed E-state index contributed by atoms with van der Waals surface area (Å²) in [7, 11) is 0. The third-order valence-corrected chi connectivity index (χ3v) is 2.12. The first-order chi connectivity index (χ1) is 7.77. The van der Waals surface area contributed by atoms with E-state index < -0.39 is 0 Å². The summed E-state index contributed by atoms with van der Waals surface area (Å²) in [4.78, 5) is 11.5. The van der Waals surface area contributed by atoms with Crippen LogP contribution in [0.3, 0.4) is 0 Å². The maximum Gasteiger partial charge on any atom is 0.251 e. The lowest BCUT2D eigenvalue weighted by atomic mass is 10.1. The topological polar surface area (TPSA) is 73.1 Å². The molecule has 0 saturated carbocycles. The Hall–Kier alpha value is -1.86. The molecule has 1 aromatic rings. The van der Waals surface area contributed by atoms with Crippen LogP contribution in [0.15, 0.2) is 24.3 Å². The Bertz CT molecular complexity index is 379. The molecule has 16 heavy (non-hydrogen) atoms. The molecule has 0 aliphatic rings. The van der Waals surface area contributed by atoms with Gasteiger partial charge >= 0.3 is 0 Å². The summed E-state index contributed by atoms with van der Waals surface area (Å²) in [6, 6.07) is 8.97. The number of amides is 1. The Morgan fingerprint density at radius 2 is 2.06 bits per heavy atom. The largest absolute Gasteiger partial charge is 0.396 e. The lowest BCUT2D eigenvalue weighted by molar-refractivity contribution is 0.0951. The Kier molecular flexibility index (Phi) is 5.03. The van der Waals surface area contributed by atoms with Crippen LogP contribution in [0.2, 0.25) is 0 Å². The van der Waals surface area contributed by atoms with Gasteiger partial charge in [-0.1, -0.05) is 12.1 Å². The minimum absolute atomic E-state index is 0.0708. The molecule has 4 nitrogen and oxygen atoms in total. The van der Waals surface area contributed by atoms with Gasteiger partial charge in [0.25, 0.3) is 5.91 Å². The number of rotatable bonds is 5. The number of carbonyl (C=O) groups is 1. The number of nitrogens with one attached hydrogen (secondary N) is 1. The van der Waals surface area contributed by atoms with Crippen molar-refractivity contribution < 1.29 is 9.90 Å². The predicted molar refractivity (Wildman–Crippen MR) is 59.8 cm³/mol. The maximum atomic E-state index is 11.5. The zero-order valence-electron chi connectivity index (χ0n) is 8.94. The number of carbonyl (C=O) groups excluding carboxylic acids is 1. The highest BCUT2D eigenvalue weighted by Gasteiger charge is 2.03. The van der Waals surface area contributed by atoms with Crippen LogP contribution in [-0.4, -0.2) is 24.2 Å². The van der Waals surface area contributed by atoms with E-state index in [4.69, 9.17) is 10.4 Å². The molecule has 0 atom stereocenters. The molecule has 0 saturated heterocycles. The Morgan fingerprint density at radius 3 is 2.62 bits per heavy atom. The minimum atomic E-state index is -0.156. The first kappa shape index (κ1) is 12.2. The van der Waals surface area contributed by atoms with Crippen LogP contribution in [0.25, 0.3) is 0 Å². The Balaban J connectivity index is 2.53. The van der Waals surface area contributed by atoms with E-state index in [1.54, 1.807) is 24.3 Å². The number of nitriles is 1. The fourth-order valence-corrected chi connectivity index (χ4v) is 1.25. The SMILES string of the molecule is N#CCc1ccc(C(=O)NCCCO)cc1. The Labute approximate surface area is 94.5 Å². The van der Waals surface area contributed by atoms with Gasteiger partial charge in [-0.3, -0.25) is 4.79 Å². The first-order valence-electron chi connectivity index (χ1n) is 5.13. The summed E-state index contributed by atoms with van der Waals surface area (Å²) in [6.07, 6.45) is 0.907. The molecule has 1 aromatic carbocycles. The van der Waals surface area contributed by atoms with Crippen LogP contribution in [0.5, 0.6) is 0 Å². The molecule has 0 aliphatic carbocycles. The molecule has 0 radical (unpaired) electrons. The number of aliphatic hydroxyl groups is 1. The first-order valence-corrected chi connectivity index (χ1v) is 5.13. The highest BCUT2D eigenvalue weighted by molar-refractivity contribution is 5.94. The molecule has 1 rings (SSSR count). The van der Waals surface area contributed by atoms with Crippen LogP contribution >= 0.6 is 0 Å². The zero-order valence-corrected chi connectivity index (χ0v) is 8.94. The van der Waals surface area contributed by atoms with Crippen molar-refractivity contribution in [1.82, 2.24) is 5.32 Å². The second-order valence-corrected chi connectivity index (χ2v) is 3.36. The normalized spacial score (nSPS) is 9.50. The van der Waals surface area contributed by atoms with Crippen LogP contribution in [0.4, 0.5) is 0 Å². The average molecular weight is 218 g/mol. The third kappa shape index (κ3) is 3.71. The number of nitrogens with zero attached hydrogens (tertiary/aromatic N) is 1. The van der Waals surface area contributed by atoms with Crippen LogP contribution in [0.1, 0.15) is 22.3 Å². The summed E-state index contributed by atoms with van der Waals surface area (Å²) in [5.41, 5.74) is 1.47. The summed E-state index contributed by atoms with van der Waals surface area (Å²) >= 11 is 0. The van der Waals surface area contributed by atoms with Crippen molar-refractivity contribution in [3.05, 3.63) is 35.4 Å². The molecule has 1 amide bonds. The lowest BCUT2D eigenvalue weighted by Gasteiger charge is -2.04. The van der Waals surface area contributed by atoms with Gasteiger partial charge in [0.15, 0.2) is 0 Å². The van der Waals surface area contributed by atoms with Gasteiger partial charge in [-0.2, -0.15) is 5.26 Å². The van der Waals surface area contributed by atoms with Crippen molar-refractivity contribution in [2.75, 3.05) is 13.2 Å². The molecule has 4 heteroatoms. The van der Waals surface area contributed by atoms with Gasteiger partial charge in [-0.25, -0.2) is 0 Å². The van der Waals surface area contributed by atoms with Gasteiger partial charge in [-0.15, -0.1) is 0 Å². The fraction of sp³-hybridized carbons (Fsp3) is 0.333. The predicted octanol–water partition coefficient (Wildman–Crippen LogP) is 0.865. The summed E-state index contributed by atoms with van der Waals surface area (Å²) in [5.74, 6) is -0.156. The molecule has 0 bridgehead atoms. The molecule has 0 fully saturated rings. The van der Waals surface area contributed by atoms with Crippen molar-refractivity contribution in [3.63, 3.8) is 0 Å². The third-order valence-electron chi connectivity index (χ3n) is 2.12. The molecular weight excluding hydrogens is 204 g/mol. The molecule has 0 aromatic heterocycles. The second kappa shape index (κ2) is 6.59. The van der Waals surface area contributed by atoms with Crippen molar-refractivity contribution in [2.45, 2.75) is 12.8 Å². The number of benzene rings is 1. The van der Waals surface area contributed by atoms with E-state index in [1.165, 1.54) is 0 Å². The fourth-order valence-electron chi connectivity index (χ4n) is 1.25. The highest BCUT2D eigenvalue weighted by Crippen LogP contribution is 2.04. The van der Waals surface area contributed by atoms with Gasteiger partial charge in [0, 0.05) is 18.7 Å². The second-order valence-electron chi connectivity index (χ2n) is 3.36. The number of hydrogen-bond donors (Lipinski definition) is 2. The highest BCUT2D eigenvalue weighted by atomic mass is 16.3. The molecular formula is C12H14N2O2.